The van der Waals surface area contributed by atoms with Crippen LogP contribution in [-0.2, 0) is 9.47 Å². The van der Waals surface area contributed by atoms with Gasteiger partial charge in [0.1, 0.15) is 6.79 Å². The fraction of sp³-hybridized carbons (Fsp3) is 1.00. The molecule has 0 aromatic carbocycles. The standard InChI is InChI=1S/C14H32O3Si/c1-6-8-13(15)14(9-7-2)17-12-16-10-11-18(3,4)5/h13-15H,6-12H2,1-5H3/t13-,14-/m1/s1. The summed E-state index contributed by atoms with van der Waals surface area (Å²) in [5.41, 5.74) is 0. The minimum atomic E-state index is -1.01. The zero-order chi connectivity index (χ0) is 14.0. The molecule has 0 fully saturated rings. The van der Waals surface area contributed by atoms with Gasteiger partial charge in [-0.2, -0.15) is 0 Å². The Morgan fingerprint density at radius 3 is 2.17 bits per heavy atom. The van der Waals surface area contributed by atoms with Crippen molar-refractivity contribution in [3.63, 3.8) is 0 Å². The van der Waals surface area contributed by atoms with Crippen molar-refractivity contribution < 1.29 is 14.6 Å². The van der Waals surface area contributed by atoms with Gasteiger partial charge in [-0.15, -0.1) is 0 Å². The van der Waals surface area contributed by atoms with Crippen molar-refractivity contribution in [2.75, 3.05) is 13.4 Å². The quantitative estimate of drug-likeness (QED) is 0.356. The lowest BCUT2D eigenvalue weighted by Gasteiger charge is -2.23. The molecule has 0 saturated heterocycles. The number of ether oxygens (including phenoxy) is 2. The molecule has 0 saturated carbocycles. The van der Waals surface area contributed by atoms with Gasteiger partial charge in [-0.1, -0.05) is 46.3 Å². The summed E-state index contributed by atoms with van der Waals surface area (Å²) in [4.78, 5) is 0. The molecule has 0 unspecified atom stereocenters. The van der Waals surface area contributed by atoms with Crippen LogP contribution in [0.25, 0.3) is 0 Å². The lowest BCUT2D eigenvalue weighted by molar-refractivity contribution is -0.125. The molecule has 0 aliphatic carbocycles. The molecule has 0 amide bonds. The summed E-state index contributed by atoms with van der Waals surface area (Å²) in [6.45, 7) is 12.3. The van der Waals surface area contributed by atoms with Crippen LogP contribution in [0.4, 0.5) is 0 Å². The van der Waals surface area contributed by atoms with Crippen molar-refractivity contribution in [1.82, 2.24) is 0 Å². The molecule has 0 radical (unpaired) electrons. The van der Waals surface area contributed by atoms with Gasteiger partial charge in [-0.25, -0.2) is 0 Å². The Labute approximate surface area is 114 Å². The van der Waals surface area contributed by atoms with Crippen LogP contribution in [0.2, 0.25) is 25.7 Å². The zero-order valence-electron chi connectivity index (χ0n) is 12.9. The Balaban J connectivity index is 3.76. The topological polar surface area (TPSA) is 38.7 Å². The van der Waals surface area contributed by atoms with E-state index in [1.165, 1.54) is 0 Å². The van der Waals surface area contributed by atoms with Crippen molar-refractivity contribution in [2.24, 2.45) is 0 Å². The highest BCUT2D eigenvalue weighted by molar-refractivity contribution is 6.76. The number of aliphatic hydroxyl groups excluding tert-OH is 1. The van der Waals surface area contributed by atoms with Gasteiger partial charge in [0.25, 0.3) is 0 Å². The highest BCUT2D eigenvalue weighted by Gasteiger charge is 2.18. The summed E-state index contributed by atoms with van der Waals surface area (Å²) in [7, 11) is -1.01. The van der Waals surface area contributed by atoms with Crippen LogP contribution in [0.1, 0.15) is 39.5 Å². The normalized spacial score (nSPS) is 15.7. The van der Waals surface area contributed by atoms with E-state index in [4.69, 9.17) is 9.47 Å². The molecule has 0 aromatic heterocycles. The van der Waals surface area contributed by atoms with Gasteiger partial charge in [0, 0.05) is 14.7 Å². The molecular formula is C14H32O3Si. The number of aliphatic hydroxyl groups is 1. The van der Waals surface area contributed by atoms with Crippen molar-refractivity contribution in [3.05, 3.63) is 0 Å². The molecular weight excluding hydrogens is 244 g/mol. The molecule has 0 aromatic rings. The lowest BCUT2D eigenvalue weighted by Crippen LogP contribution is -2.30. The highest BCUT2D eigenvalue weighted by Crippen LogP contribution is 2.13. The molecule has 0 rings (SSSR count). The van der Waals surface area contributed by atoms with Crippen molar-refractivity contribution in [2.45, 2.75) is 77.4 Å². The predicted octanol–water partition coefficient (Wildman–Crippen LogP) is 3.65. The average molecular weight is 276 g/mol. The minimum absolute atomic E-state index is 0.0677. The van der Waals surface area contributed by atoms with Crippen LogP contribution < -0.4 is 0 Å². The first-order valence-corrected chi connectivity index (χ1v) is 11.0. The molecule has 0 spiro atoms. The van der Waals surface area contributed by atoms with Crippen LogP contribution >= 0.6 is 0 Å². The van der Waals surface area contributed by atoms with E-state index in [0.29, 0.717) is 6.79 Å². The molecule has 2 atom stereocenters. The van der Waals surface area contributed by atoms with E-state index >= 15 is 0 Å². The monoisotopic (exact) mass is 276 g/mol. The second-order valence-corrected chi connectivity index (χ2v) is 11.8. The van der Waals surface area contributed by atoms with Gasteiger partial charge in [-0.3, -0.25) is 0 Å². The van der Waals surface area contributed by atoms with E-state index in [1.54, 1.807) is 0 Å². The summed E-state index contributed by atoms with van der Waals surface area (Å²) in [6.07, 6.45) is 3.30. The van der Waals surface area contributed by atoms with E-state index in [-0.39, 0.29) is 12.2 Å². The molecule has 0 aliphatic rings. The molecule has 4 heteroatoms. The average Bonchev–Trinajstić information content (AvgIpc) is 2.26. The van der Waals surface area contributed by atoms with Gasteiger partial charge in [0.15, 0.2) is 0 Å². The van der Waals surface area contributed by atoms with E-state index in [9.17, 15) is 5.11 Å². The van der Waals surface area contributed by atoms with Gasteiger partial charge >= 0.3 is 0 Å². The highest BCUT2D eigenvalue weighted by atomic mass is 28.3. The maximum atomic E-state index is 9.95. The van der Waals surface area contributed by atoms with Gasteiger partial charge < -0.3 is 14.6 Å². The van der Waals surface area contributed by atoms with Gasteiger partial charge in [0.05, 0.1) is 12.2 Å². The summed E-state index contributed by atoms with van der Waals surface area (Å²) in [6, 6.07) is 1.16. The smallest absolute Gasteiger partial charge is 0.147 e. The van der Waals surface area contributed by atoms with Gasteiger partial charge in [-0.05, 0) is 18.9 Å². The molecule has 18 heavy (non-hydrogen) atoms. The largest absolute Gasteiger partial charge is 0.390 e. The SMILES string of the molecule is CCC[C@@H](O)[C@@H](CCC)OCOCC[Si](C)(C)C. The Morgan fingerprint density at radius 1 is 1.06 bits per heavy atom. The summed E-state index contributed by atoms with van der Waals surface area (Å²) >= 11 is 0. The first kappa shape index (κ1) is 18.1. The molecule has 0 aliphatic heterocycles. The Morgan fingerprint density at radius 2 is 1.67 bits per heavy atom. The summed E-state index contributed by atoms with van der Waals surface area (Å²) in [5.74, 6) is 0. The van der Waals surface area contributed by atoms with E-state index in [2.05, 4.69) is 33.5 Å². The van der Waals surface area contributed by atoms with E-state index in [1.807, 2.05) is 0 Å². The molecule has 0 bridgehead atoms. The molecule has 1 N–H and O–H groups in total. The van der Waals surface area contributed by atoms with Crippen molar-refractivity contribution in [3.8, 4) is 0 Å². The second-order valence-electron chi connectivity index (χ2n) is 6.19. The van der Waals surface area contributed by atoms with Gasteiger partial charge in [0.2, 0.25) is 0 Å². The van der Waals surface area contributed by atoms with Crippen molar-refractivity contribution >= 4 is 8.07 Å². The van der Waals surface area contributed by atoms with Crippen molar-refractivity contribution in [1.29, 1.82) is 0 Å². The minimum Gasteiger partial charge on any atom is -0.390 e. The van der Waals surface area contributed by atoms with Crippen LogP contribution in [0.15, 0.2) is 0 Å². The van der Waals surface area contributed by atoms with Crippen LogP contribution in [0, 0.1) is 0 Å². The van der Waals surface area contributed by atoms with Crippen LogP contribution in [0.5, 0.6) is 0 Å². The number of hydrogen-bond acceptors (Lipinski definition) is 3. The van der Waals surface area contributed by atoms with E-state index < -0.39 is 8.07 Å². The Kier molecular flexibility index (Phi) is 10.0. The molecule has 3 nitrogen and oxygen atoms in total. The predicted molar refractivity (Wildman–Crippen MR) is 79.7 cm³/mol. The third-order valence-corrected chi connectivity index (χ3v) is 4.65. The Bertz CT molecular complexity index is 192. The third-order valence-electron chi connectivity index (χ3n) is 2.95. The lowest BCUT2D eigenvalue weighted by atomic mass is 10.0. The Hall–Kier alpha value is 0.0969. The molecule has 0 heterocycles. The third kappa shape index (κ3) is 10.1. The second kappa shape index (κ2) is 9.95. The first-order valence-electron chi connectivity index (χ1n) is 7.28. The fourth-order valence-corrected chi connectivity index (χ4v) is 2.48. The van der Waals surface area contributed by atoms with Crippen LogP contribution in [-0.4, -0.2) is 38.8 Å². The summed E-state index contributed by atoms with van der Waals surface area (Å²) in [5, 5.41) is 9.95. The fourth-order valence-electron chi connectivity index (χ4n) is 1.73. The molecule has 110 valence electrons. The first-order chi connectivity index (χ1) is 8.40. The number of rotatable bonds is 11. The van der Waals surface area contributed by atoms with E-state index in [0.717, 1.165) is 38.3 Å². The maximum Gasteiger partial charge on any atom is 0.147 e. The summed E-state index contributed by atoms with van der Waals surface area (Å²) < 4.78 is 11.2. The number of hydrogen-bond donors (Lipinski definition) is 1. The zero-order valence-corrected chi connectivity index (χ0v) is 13.9. The maximum absolute atomic E-state index is 9.95. The van der Waals surface area contributed by atoms with Crippen LogP contribution in [0.3, 0.4) is 0 Å².